The van der Waals surface area contributed by atoms with Gasteiger partial charge < -0.3 is 5.32 Å². The van der Waals surface area contributed by atoms with E-state index in [2.05, 4.69) is 26.1 Å². The molecule has 1 nitrogen and oxygen atoms in total. The summed E-state index contributed by atoms with van der Waals surface area (Å²) in [6, 6.07) is 0.756. The molecule has 0 amide bonds. The minimum absolute atomic E-state index is 0.756. The van der Waals surface area contributed by atoms with E-state index in [1.807, 2.05) is 0 Å². The molecule has 0 aliphatic rings. The molecular weight excluding hydrogens is 146 g/mol. The van der Waals surface area contributed by atoms with E-state index in [1.165, 1.54) is 45.1 Å². The molecular formula is C11H25N. The van der Waals surface area contributed by atoms with Crippen LogP contribution in [-0.2, 0) is 0 Å². The molecule has 1 N–H and O–H groups in total. The van der Waals surface area contributed by atoms with E-state index in [4.69, 9.17) is 0 Å². The molecule has 0 heterocycles. The number of nitrogens with one attached hydrogen (secondary N) is 1. The van der Waals surface area contributed by atoms with Crippen molar-refractivity contribution in [2.45, 2.75) is 65.3 Å². The van der Waals surface area contributed by atoms with Gasteiger partial charge in [0.1, 0.15) is 0 Å². The minimum Gasteiger partial charge on any atom is -0.314 e. The summed E-state index contributed by atoms with van der Waals surface area (Å²) in [5.74, 6) is 0. The normalized spacial score (nSPS) is 11.0. The van der Waals surface area contributed by atoms with Crippen LogP contribution in [0.4, 0.5) is 0 Å². The SMILES string of the molecule is CCCCCCNC(CC)CC. The highest BCUT2D eigenvalue weighted by Crippen LogP contribution is 2.00. The van der Waals surface area contributed by atoms with Gasteiger partial charge in [-0.05, 0) is 25.8 Å². The van der Waals surface area contributed by atoms with Crippen LogP contribution in [0.2, 0.25) is 0 Å². The van der Waals surface area contributed by atoms with E-state index < -0.39 is 0 Å². The van der Waals surface area contributed by atoms with Crippen molar-refractivity contribution >= 4 is 0 Å². The standard InChI is InChI=1S/C11H25N/c1-4-7-8-9-10-12-11(5-2)6-3/h11-12H,4-10H2,1-3H3. The van der Waals surface area contributed by atoms with Crippen molar-refractivity contribution in [2.75, 3.05) is 6.54 Å². The van der Waals surface area contributed by atoms with Crippen molar-refractivity contribution < 1.29 is 0 Å². The molecule has 0 saturated carbocycles. The molecule has 74 valence electrons. The van der Waals surface area contributed by atoms with Gasteiger partial charge >= 0.3 is 0 Å². The first-order valence-corrected chi connectivity index (χ1v) is 5.58. The molecule has 1 heteroatoms. The monoisotopic (exact) mass is 171 g/mol. The maximum atomic E-state index is 3.58. The third-order valence-electron chi connectivity index (χ3n) is 2.45. The molecule has 0 rings (SSSR count). The van der Waals surface area contributed by atoms with Gasteiger partial charge in [-0.3, -0.25) is 0 Å². The number of unbranched alkanes of at least 4 members (excludes halogenated alkanes) is 3. The van der Waals surface area contributed by atoms with E-state index >= 15 is 0 Å². The van der Waals surface area contributed by atoms with E-state index in [-0.39, 0.29) is 0 Å². The number of hydrogen-bond acceptors (Lipinski definition) is 1. The minimum atomic E-state index is 0.756. The van der Waals surface area contributed by atoms with Crippen LogP contribution in [0.15, 0.2) is 0 Å². The van der Waals surface area contributed by atoms with Gasteiger partial charge in [0, 0.05) is 6.04 Å². The van der Waals surface area contributed by atoms with Crippen LogP contribution in [0.5, 0.6) is 0 Å². The first kappa shape index (κ1) is 12.0. The highest BCUT2D eigenvalue weighted by atomic mass is 14.9. The molecule has 0 bridgehead atoms. The van der Waals surface area contributed by atoms with Gasteiger partial charge in [0.25, 0.3) is 0 Å². The van der Waals surface area contributed by atoms with Crippen molar-refractivity contribution in [3.63, 3.8) is 0 Å². The Labute approximate surface area is 77.9 Å². The predicted octanol–water partition coefficient (Wildman–Crippen LogP) is 3.34. The fourth-order valence-corrected chi connectivity index (χ4v) is 1.44. The number of rotatable bonds is 8. The van der Waals surface area contributed by atoms with Crippen molar-refractivity contribution in [3.8, 4) is 0 Å². The Bertz CT molecular complexity index is 77.1. The Balaban J connectivity index is 3.06. The van der Waals surface area contributed by atoms with Crippen molar-refractivity contribution in [2.24, 2.45) is 0 Å². The zero-order valence-corrected chi connectivity index (χ0v) is 9.03. The summed E-state index contributed by atoms with van der Waals surface area (Å²) in [5, 5.41) is 3.58. The van der Waals surface area contributed by atoms with Gasteiger partial charge in [-0.15, -0.1) is 0 Å². The second kappa shape index (κ2) is 9.05. The first-order chi connectivity index (χ1) is 5.85. The summed E-state index contributed by atoms with van der Waals surface area (Å²) >= 11 is 0. The third-order valence-corrected chi connectivity index (χ3v) is 2.45. The summed E-state index contributed by atoms with van der Waals surface area (Å²) in [4.78, 5) is 0. The summed E-state index contributed by atoms with van der Waals surface area (Å²) in [6.45, 7) is 7.99. The van der Waals surface area contributed by atoms with E-state index in [0.717, 1.165) is 6.04 Å². The fourth-order valence-electron chi connectivity index (χ4n) is 1.44. The van der Waals surface area contributed by atoms with E-state index in [9.17, 15) is 0 Å². The molecule has 0 saturated heterocycles. The second-order valence-corrected chi connectivity index (χ2v) is 3.53. The van der Waals surface area contributed by atoms with Crippen molar-refractivity contribution in [1.29, 1.82) is 0 Å². The lowest BCUT2D eigenvalue weighted by atomic mass is 10.1. The smallest absolute Gasteiger partial charge is 0.00618 e. The first-order valence-electron chi connectivity index (χ1n) is 5.58. The van der Waals surface area contributed by atoms with E-state index in [0.29, 0.717) is 0 Å². The molecule has 0 aromatic heterocycles. The van der Waals surface area contributed by atoms with Gasteiger partial charge in [0.15, 0.2) is 0 Å². The van der Waals surface area contributed by atoms with Crippen LogP contribution in [0.25, 0.3) is 0 Å². The summed E-state index contributed by atoms with van der Waals surface area (Å²) in [6.07, 6.45) is 8.01. The zero-order chi connectivity index (χ0) is 9.23. The Morgan fingerprint density at radius 3 is 2.08 bits per heavy atom. The number of hydrogen-bond donors (Lipinski definition) is 1. The summed E-state index contributed by atoms with van der Waals surface area (Å²) < 4.78 is 0. The van der Waals surface area contributed by atoms with Gasteiger partial charge in [-0.25, -0.2) is 0 Å². The Morgan fingerprint density at radius 1 is 0.917 bits per heavy atom. The third kappa shape index (κ3) is 6.66. The van der Waals surface area contributed by atoms with Gasteiger partial charge in [0.05, 0.1) is 0 Å². The van der Waals surface area contributed by atoms with Crippen LogP contribution in [-0.4, -0.2) is 12.6 Å². The van der Waals surface area contributed by atoms with Crippen LogP contribution in [0.1, 0.15) is 59.3 Å². The van der Waals surface area contributed by atoms with Crippen LogP contribution < -0.4 is 5.32 Å². The topological polar surface area (TPSA) is 12.0 Å². The molecule has 0 unspecified atom stereocenters. The Morgan fingerprint density at radius 2 is 1.58 bits per heavy atom. The molecule has 0 atom stereocenters. The predicted molar refractivity (Wildman–Crippen MR) is 56.5 cm³/mol. The molecule has 12 heavy (non-hydrogen) atoms. The molecule has 0 aliphatic carbocycles. The molecule has 0 aromatic carbocycles. The molecule has 0 spiro atoms. The van der Waals surface area contributed by atoms with Gasteiger partial charge in [-0.1, -0.05) is 40.0 Å². The van der Waals surface area contributed by atoms with Crippen molar-refractivity contribution in [3.05, 3.63) is 0 Å². The van der Waals surface area contributed by atoms with Crippen LogP contribution in [0, 0.1) is 0 Å². The summed E-state index contributed by atoms with van der Waals surface area (Å²) in [7, 11) is 0. The lowest BCUT2D eigenvalue weighted by Crippen LogP contribution is -2.28. The fraction of sp³-hybridized carbons (Fsp3) is 1.00. The molecule has 0 fully saturated rings. The van der Waals surface area contributed by atoms with E-state index in [1.54, 1.807) is 0 Å². The highest BCUT2D eigenvalue weighted by Gasteiger charge is 1.99. The Kier molecular flexibility index (Phi) is 9.02. The highest BCUT2D eigenvalue weighted by molar-refractivity contribution is 4.61. The zero-order valence-electron chi connectivity index (χ0n) is 9.03. The molecule has 0 aromatic rings. The molecule has 0 aliphatic heterocycles. The maximum Gasteiger partial charge on any atom is 0.00618 e. The van der Waals surface area contributed by atoms with Gasteiger partial charge in [0.2, 0.25) is 0 Å². The van der Waals surface area contributed by atoms with Crippen LogP contribution in [0.3, 0.4) is 0 Å². The van der Waals surface area contributed by atoms with Crippen LogP contribution >= 0.6 is 0 Å². The largest absolute Gasteiger partial charge is 0.314 e. The average molecular weight is 171 g/mol. The Hall–Kier alpha value is -0.0400. The lowest BCUT2D eigenvalue weighted by molar-refractivity contribution is 0.470. The molecule has 0 radical (unpaired) electrons. The second-order valence-electron chi connectivity index (χ2n) is 3.53. The maximum absolute atomic E-state index is 3.58. The van der Waals surface area contributed by atoms with Gasteiger partial charge in [-0.2, -0.15) is 0 Å². The lowest BCUT2D eigenvalue weighted by Gasteiger charge is -2.13. The average Bonchev–Trinajstić information content (AvgIpc) is 2.11. The van der Waals surface area contributed by atoms with Crippen molar-refractivity contribution in [1.82, 2.24) is 5.32 Å². The quantitative estimate of drug-likeness (QED) is 0.552. The summed E-state index contributed by atoms with van der Waals surface area (Å²) in [5.41, 5.74) is 0.